The van der Waals surface area contributed by atoms with E-state index in [1.807, 2.05) is 0 Å². The van der Waals surface area contributed by atoms with Gasteiger partial charge in [-0.25, -0.2) is 12.8 Å². The van der Waals surface area contributed by atoms with E-state index in [9.17, 15) is 17.6 Å². The Labute approximate surface area is 123 Å². The maximum Gasteiger partial charge on any atom is 0.248 e. The number of nitrogens with one attached hydrogen (secondary N) is 1. The Morgan fingerprint density at radius 1 is 1.48 bits per heavy atom. The third kappa shape index (κ3) is 3.33. The molecule has 1 aromatic carbocycles. The minimum absolute atomic E-state index is 0.114. The van der Waals surface area contributed by atoms with Crippen LogP contribution in [-0.4, -0.2) is 37.8 Å². The van der Waals surface area contributed by atoms with E-state index in [0.717, 1.165) is 6.07 Å². The highest BCUT2D eigenvalue weighted by Gasteiger charge is 2.33. The van der Waals surface area contributed by atoms with Crippen molar-refractivity contribution in [1.82, 2.24) is 9.62 Å². The summed E-state index contributed by atoms with van der Waals surface area (Å²) in [5, 5.41) is 2.69. The van der Waals surface area contributed by atoms with Crippen molar-refractivity contribution in [3.05, 3.63) is 24.0 Å². The zero-order chi connectivity index (χ0) is 15.6. The molecule has 3 N–H and O–H groups in total. The predicted molar refractivity (Wildman–Crippen MR) is 76.4 cm³/mol. The number of amides is 1. The number of piperidine rings is 1. The first kappa shape index (κ1) is 15.7. The molecule has 8 heteroatoms. The van der Waals surface area contributed by atoms with Gasteiger partial charge in [-0.15, -0.1) is 0 Å². The van der Waals surface area contributed by atoms with Gasteiger partial charge < -0.3 is 11.1 Å². The molecule has 6 nitrogen and oxygen atoms in total. The van der Waals surface area contributed by atoms with Crippen LogP contribution in [0.25, 0.3) is 0 Å². The number of carbonyl (C=O) groups excluding carboxylic acids is 1. The van der Waals surface area contributed by atoms with E-state index in [-0.39, 0.29) is 30.7 Å². The second-order valence-electron chi connectivity index (χ2n) is 5.06. The number of nitrogens with two attached hydrogens (primary N) is 1. The van der Waals surface area contributed by atoms with E-state index < -0.39 is 20.7 Å². The Balaban J connectivity index is 2.29. The summed E-state index contributed by atoms with van der Waals surface area (Å²) in [5.74, 6) is -1.08. The largest absolute Gasteiger partial charge is 0.398 e. The number of anilines is 1. The number of hydrogen-bond donors (Lipinski definition) is 2. The third-order valence-electron chi connectivity index (χ3n) is 3.39. The molecular weight excluding hydrogens is 297 g/mol. The van der Waals surface area contributed by atoms with Crippen molar-refractivity contribution in [2.24, 2.45) is 0 Å². The van der Waals surface area contributed by atoms with Gasteiger partial charge >= 0.3 is 0 Å². The van der Waals surface area contributed by atoms with Gasteiger partial charge in [0.15, 0.2) is 0 Å². The van der Waals surface area contributed by atoms with Crippen molar-refractivity contribution < 1.29 is 17.6 Å². The van der Waals surface area contributed by atoms with Crippen LogP contribution in [0.3, 0.4) is 0 Å². The Kier molecular flexibility index (Phi) is 4.48. The standard InChI is InChI=1S/C13H18FN3O3S/c1-9(18)16-10-4-3-7-17(8-10)21(19,20)13-11(14)5-2-6-12(13)15/h2,5-6,10H,3-4,7-8,15H2,1H3,(H,16,18). The van der Waals surface area contributed by atoms with Gasteiger partial charge in [-0.1, -0.05) is 6.07 Å². The van der Waals surface area contributed by atoms with Gasteiger partial charge in [0.05, 0.1) is 5.69 Å². The minimum atomic E-state index is -4.01. The van der Waals surface area contributed by atoms with Crippen molar-refractivity contribution in [1.29, 1.82) is 0 Å². The molecule has 1 atom stereocenters. The second-order valence-corrected chi connectivity index (χ2v) is 6.94. The maximum atomic E-state index is 13.9. The number of rotatable bonds is 3. The Hall–Kier alpha value is -1.67. The van der Waals surface area contributed by atoms with Crippen LogP contribution in [0.15, 0.2) is 23.1 Å². The second kappa shape index (κ2) is 5.98. The lowest BCUT2D eigenvalue weighted by atomic mass is 10.1. The average molecular weight is 315 g/mol. The molecule has 0 aliphatic carbocycles. The summed E-state index contributed by atoms with van der Waals surface area (Å²) in [6.45, 7) is 1.78. The lowest BCUT2D eigenvalue weighted by Crippen LogP contribution is -2.49. The van der Waals surface area contributed by atoms with Crippen LogP contribution in [0.1, 0.15) is 19.8 Å². The van der Waals surface area contributed by atoms with Crippen LogP contribution < -0.4 is 11.1 Å². The first-order valence-electron chi connectivity index (χ1n) is 6.63. The molecule has 116 valence electrons. The summed E-state index contributed by atoms with van der Waals surface area (Å²) in [4.78, 5) is 10.6. The molecule has 1 heterocycles. The quantitative estimate of drug-likeness (QED) is 0.803. The van der Waals surface area contributed by atoms with E-state index >= 15 is 0 Å². The third-order valence-corrected chi connectivity index (χ3v) is 5.34. The van der Waals surface area contributed by atoms with Crippen LogP contribution >= 0.6 is 0 Å². The van der Waals surface area contributed by atoms with Gasteiger partial charge in [-0.2, -0.15) is 4.31 Å². The number of nitrogens with zero attached hydrogens (tertiary/aromatic N) is 1. The van der Waals surface area contributed by atoms with Crippen LogP contribution in [0.2, 0.25) is 0 Å². The van der Waals surface area contributed by atoms with Crippen LogP contribution in [-0.2, 0) is 14.8 Å². The molecule has 0 radical (unpaired) electrons. The zero-order valence-corrected chi connectivity index (χ0v) is 12.5. The molecule has 1 saturated heterocycles. The fourth-order valence-corrected chi connectivity index (χ4v) is 4.18. The fraction of sp³-hybridized carbons (Fsp3) is 0.462. The summed E-state index contributed by atoms with van der Waals surface area (Å²) >= 11 is 0. The van der Waals surface area contributed by atoms with Gasteiger partial charge in [-0.05, 0) is 25.0 Å². The molecule has 1 unspecified atom stereocenters. The predicted octanol–water partition coefficient (Wildman–Crippen LogP) is 0.697. The molecule has 0 saturated carbocycles. The van der Waals surface area contributed by atoms with Crippen molar-refractivity contribution in [3.8, 4) is 0 Å². The Morgan fingerprint density at radius 3 is 2.81 bits per heavy atom. The summed E-state index contributed by atoms with van der Waals surface area (Å²) < 4.78 is 40.1. The van der Waals surface area contributed by atoms with Gasteiger partial charge in [0, 0.05) is 26.1 Å². The molecular formula is C13H18FN3O3S. The summed E-state index contributed by atoms with van der Waals surface area (Å²) in [6, 6.07) is 3.52. The van der Waals surface area contributed by atoms with Gasteiger partial charge in [0.1, 0.15) is 10.7 Å². The van der Waals surface area contributed by atoms with Gasteiger partial charge in [0.25, 0.3) is 0 Å². The molecule has 21 heavy (non-hydrogen) atoms. The number of nitrogen functional groups attached to an aromatic ring is 1. The van der Waals surface area contributed by atoms with E-state index in [2.05, 4.69) is 5.32 Å². The molecule has 1 amide bonds. The average Bonchev–Trinajstić information content (AvgIpc) is 2.37. The number of benzene rings is 1. The SMILES string of the molecule is CC(=O)NC1CCCN(S(=O)(=O)c2c(N)cccc2F)C1. The smallest absolute Gasteiger partial charge is 0.248 e. The van der Waals surface area contributed by atoms with E-state index in [4.69, 9.17) is 5.73 Å². The van der Waals surface area contributed by atoms with Crippen molar-refractivity contribution in [2.75, 3.05) is 18.8 Å². The van der Waals surface area contributed by atoms with E-state index in [1.54, 1.807) is 0 Å². The molecule has 1 aromatic rings. The first-order valence-corrected chi connectivity index (χ1v) is 8.07. The summed E-state index contributed by atoms with van der Waals surface area (Å²) in [5.41, 5.74) is 5.50. The normalized spacial score (nSPS) is 20.2. The van der Waals surface area contributed by atoms with Crippen molar-refractivity contribution in [3.63, 3.8) is 0 Å². The molecule has 0 aromatic heterocycles. The molecule has 0 bridgehead atoms. The summed E-state index contributed by atoms with van der Waals surface area (Å²) in [6.07, 6.45) is 1.29. The number of hydrogen-bond acceptors (Lipinski definition) is 4. The van der Waals surface area contributed by atoms with Crippen molar-refractivity contribution in [2.45, 2.75) is 30.7 Å². The number of carbonyl (C=O) groups is 1. The minimum Gasteiger partial charge on any atom is -0.398 e. The Morgan fingerprint density at radius 2 is 2.19 bits per heavy atom. The maximum absolute atomic E-state index is 13.9. The molecule has 1 aliphatic rings. The Bertz CT molecular complexity index is 628. The first-order chi connectivity index (χ1) is 9.82. The van der Waals surface area contributed by atoms with Crippen LogP contribution in [0, 0.1) is 5.82 Å². The molecule has 1 fully saturated rings. The van der Waals surface area contributed by atoms with Gasteiger partial charge in [0.2, 0.25) is 15.9 Å². The fourth-order valence-electron chi connectivity index (χ4n) is 2.49. The number of halogens is 1. The molecule has 2 rings (SSSR count). The van der Waals surface area contributed by atoms with Crippen LogP contribution in [0.5, 0.6) is 0 Å². The monoisotopic (exact) mass is 315 g/mol. The highest BCUT2D eigenvalue weighted by Crippen LogP contribution is 2.27. The zero-order valence-electron chi connectivity index (χ0n) is 11.7. The van der Waals surface area contributed by atoms with E-state index in [1.165, 1.54) is 23.4 Å². The number of sulfonamides is 1. The highest BCUT2D eigenvalue weighted by molar-refractivity contribution is 7.89. The topological polar surface area (TPSA) is 92.5 Å². The van der Waals surface area contributed by atoms with Crippen LogP contribution in [0.4, 0.5) is 10.1 Å². The highest BCUT2D eigenvalue weighted by atomic mass is 32.2. The van der Waals surface area contributed by atoms with Gasteiger partial charge in [-0.3, -0.25) is 4.79 Å². The lowest BCUT2D eigenvalue weighted by Gasteiger charge is -2.32. The lowest BCUT2D eigenvalue weighted by molar-refractivity contribution is -0.119. The van der Waals surface area contributed by atoms with Crippen molar-refractivity contribution >= 4 is 21.6 Å². The summed E-state index contributed by atoms with van der Waals surface area (Å²) in [7, 11) is -4.01. The molecule has 0 spiro atoms. The molecule has 1 aliphatic heterocycles. The van der Waals surface area contributed by atoms with E-state index in [0.29, 0.717) is 12.8 Å².